The van der Waals surface area contributed by atoms with Crippen molar-refractivity contribution in [1.82, 2.24) is 0 Å². The summed E-state index contributed by atoms with van der Waals surface area (Å²) in [5, 5.41) is 8.37. The first-order valence-corrected chi connectivity index (χ1v) is 3.52. The van der Waals surface area contributed by atoms with Gasteiger partial charge in [-0.25, -0.2) is 0 Å². The van der Waals surface area contributed by atoms with Crippen molar-refractivity contribution in [2.75, 3.05) is 6.61 Å². The largest absolute Gasteiger partial charge is 0.396 e. The zero-order valence-electron chi connectivity index (χ0n) is 6.19. The summed E-state index contributed by atoms with van der Waals surface area (Å²) in [4.78, 5) is 0. The molecule has 0 unspecified atom stereocenters. The minimum atomic E-state index is 0. The topological polar surface area (TPSA) is 20.2 Å². The summed E-state index contributed by atoms with van der Waals surface area (Å²) < 4.78 is 0. The Morgan fingerprint density at radius 2 is 1.56 bits per heavy atom. The van der Waals surface area contributed by atoms with Gasteiger partial charge in [-0.15, -0.1) is 0 Å². The summed E-state index contributed by atoms with van der Waals surface area (Å²) in [5.74, 6) is 0. The van der Waals surface area contributed by atoms with Crippen LogP contribution in [0.2, 0.25) is 0 Å². The second-order valence-corrected chi connectivity index (χ2v) is 2.14. The Bertz CT molecular complexity index is 33.9. The van der Waals surface area contributed by atoms with Crippen molar-refractivity contribution in [1.29, 1.82) is 0 Å². The van der Waals surface area contributed by atoms with Crippen LogP contribution in [-0.2, 0) is 21.7 Å². The zero-order chi connectivity index (χ0) is 6.24. The number of hydrogen-bond acceptors (Lipinski definition) is 1. The van der Waals surface area contributed by atoms with Gasteiger partial charge in [0, 0.05) is 28.3 Å². The Hall–Kier alpha value is 0.674. The summed E-state index contributed by atoms with van der Waals surface area (Å²) >= 11 is 0. The van der Waals surface area contributed by atoms with Crippen LogP contribution in [0.5, 0.6) is 0 Å². The van der Waals surface area contributed by atoms with E-state index in [2.05, 4.69) is 6.92 Å². The fraction of sp³-hybridized carbons (Fsp3) is 1.00. The molecule has 0 fully saturated rings. The first-order chi connectivity index (χ1) is 3.91. The molecule has 2 heteroatoms. The fourth-order valence-corrected chi connectivity index (χ4v) is 0.715. The Kier molecular flexibility index (Phi) is 15.7. The van der Waals surface area contributed by atoms with E-state index >= 15 is 0 Å². The van der Waals surface area contributed by atoms with Gasteiger partial charge in [0.2, 0.25) is 0 Å². The van der Waals surface area contributed by atoms with E-state index in [0.29, 0.717) is 6.61 Å². The maximum Gasteiger partial charge on any atom is 0.0431 e. The van der Waals surface area contributed by atoms with Crippen LogP contribution in [0.1, 0.15) is 39.0 Å². The van der Waals surface area contributed by atoms with Crippen LogP contribution in [-0.4, -0.2) is 11.7 Å². The molecule has 0 aliphatic rings. The van der Waals surface area contributed by atoms with Crippen molar-refractivity contribution < 1.29 is 26.8 Å². The van der Waals surface area contributed by atoms with Crippen molar-refractivity contribution in [2.24, 2.45) is 0 Å². The molecule has 1 nitrogen and oxygen atoms in total. The number of rotatable bonds is 5. The van der Waals surface area contributed by atoms with E-state index in [4.69, 9.17) is 5.11 Å². The van der Waals surface area contributed by atoms with E-state index in [0.717, 1.165) is 6.42 Å². The molecular weight excluding hydrogens is 148 g/mol. The monoisotopic (exact) mass is 164 g/mol. The molecule has 0 heterocycles. The SMILES string of the molecule is CCCCCCCO.[Ti]. The predicted octanol–water partition coefficient (Wildman–Crippen LogP) is 1.95. The maximum absolute atomic E-state index is 8.37. The molecule has 0 saturated heterocycles. The standard InChI is InChI=1S/C7H16O.Ti/c1-2-3-4-5-6-7-8;/h8H,2-7H2,1H3;. The molecule has 0 bridgehead atoms. The van der Waals surface area contributed by atoms with Gasteiger partial charge >= 0.3 is 0 Å². The van der Waals surface area contributed by atoms with Gasteiger partial charge in [0.15, 0.2) is 0 Å². The summed E-state index contributed by atoms with van der Waals surface area (Å²) in [6.07, 6.45) is 6.08. The summed E-state index contributed by atoms with van der Waals surface area (Å²) in [5.41, 5.74) is 0. The molecule has 0 amide bonds. The molecule has 54 valence electrons. The molecule has 0 saturated carbocycles. The molecule has 1 N–H and O–H groups in total. The number of unbranched alkanes of at least 4 members (excludes halogenated alkanes) is 4. The summed E-state index contributed by atoms with van der Waals surface area (Å²) in [6, 6.07) is 0. The van der Waals surface area contributed by atoms with Gasteiger partial charge in [0.1, 0.15) is 0 Å². The molecule has 9 heavy (non-hydrogen) atoms. The second-order valence-electron chi connectivity index (χ2n) is 2.14. The number of hydrogen-bond donors (Lipinski definition) is 1. The van der Waals surface area contributed by atoms with E-state index in [-0.39, 0.29) is 21.7 Å². The minimum Gasteiger partial charge on any atom is -0.396 e. The van der Waals surface area contributed by atoms with E-state index in [1.54, 1.807) is 0 Å². The molecule has 0 aliphatic heterocycles. The third-order valence-electron chi connectivity index (χ3n) is 1.26. The summed E-state index contributed by atoms with van der Waals surface area (Å²) in [6.45, 7) is 2.56. The average Bonchev–Trinajstić information content (AvgIpc) is 1.81. The van der Waals surface area contributed by atoms with Crippen molar-refractivity contribution in [3.05, 3.63) is 0 Å². The second kappa shape index (κ2) is 11.5. The normalized spacial score (nSPS) is 8.67. The van der Waals surface area contributed by atoms with Gasteiger partial charge in [0.25, 0.3) is 0 Å². The van der Waals surface area contributed by atoms with Crippen LogP contribution >= 0.6 is 0 Å². The van der Waals surface area contributed by atoms with Gasteiger partial charge in [0.05, 0.1) is 0 Å². The smallest absolute Gasteiger partial charge is 0.0431 e. The summed E-state index contributed by atoms with van der Waals surface area (Å²) in [7, 11) is 0. The fourth-order valence-electron chi connectivity index (χ4n) is 0.715. The van der Waals surface area contributed by atoms with E-state index in [1.807, 2.05) is 0 Å². The predicted molar refractivity (Wildman–Crippen MR) is 35.8 cm³/mol. The molecule has 0 aromatic carbocycles. The first-order valence-electron chi connectivity index (χ1n) is 3.52. The molecule has 0 aliphatic carbocycles. The third kappa shape index (κ3) is 12.0. The Labute approximate surface area is 72.7 Å². The first kappa shape index (κ1) is 12.4. The Balaban J connectivity index is 0. The van der Waals surface area contributed by atoms with Crippen LogP contribution in [0.4, 0.5) is 0 Å². The van der Waals surface area contributed by atoms with Crippen molar-refractivity contribution >= 4 is 0 Å². The quantitative estimate of drug-likeness (QED) is 0.486. The van der Waals surface area contributed by atoms with Gasteiger partial charge in [-0.05, 0) is 6.42 Å². The third-order valence-corrected chi connectivity index (χ3v) is 1.26. The van der Waals surface area contributed by atoms with Crippen molar-refractivity contribution in [3.63, 3.8) is 0 Å². The average molecular weight is 164 g/mol. The van der Waals surface area contributed by atoms with E-state index in [1.165, 1.54) is 25.7 Å². The molecule has 0 aromatic rings. The zero-order valence-corrected chi connectivity index (χ0v) is 7.75. The van der Waals surface area contributed by atoms with Crippen LogP contribution in [0.3, 0.4) is 0 Å². The van der Waals surface area contributed by atoms with Crippen molar-refractivity contribution in [2.45, 2.75) is 39.0 Å². The van der Waals surface area contributed by atoms with Crippen LogP contribution in [0.25, 0.3) is 0 Å². The molecule has 0 spiro atoms. The molecule has 0 aromatic heterocycles. The van der Waals surface area contributed by atoms with Gasteiger partial charge in [-0.2, -0.15) is 0 Å². The van der Waals surface area contributed by atoms with Gasteiger partial charge in [-0.3, -0.25) is 0 Å². The number of aliphatic hydroxyl groups is 1. The molecule has 0 atom stereocenters. The van der Waals surface area contributed by atoms with Gasteiger partial charge < -0.3 is 5.11 Å². The van der Waals surface area contributed by atoms with Gasteiger partial charge in [-0.1, -0.05) is 32.6 Å². The van der Waals surface area contributed by atoms with E-state index in [9.17, 15) is 0 Å². The van der Waals surface area contributed by atoms with Crippen LogP contribution < -0.4 is 0 Å². The molecule has 0 rings (SSSR count). The van der Waals surface area contributed by atoms with Crippen LogP contribution in [0, 0.1) is 0 Å². The molecular formula is C7H16OTi. The van der Waals surface area contributed by atoms with Crippen LogP contribution in [0.15, 0.2) is 0 Å². The minimum absolute atomic E-state index is 0. The Morgan fingerprint density at radius 3 is 2.00 bits per heavy atom. The Morgan fingerprint density at radius 1 is 1.00 bits per heavy atom. The maximum atomic E-state index is 8.37. The van der Waals surface area contributed by atoms with E-state index < -0.39 is 0 Å². The van der Waals surface area contributed by atoms with Crippen molar-refractivity contribution in [3.8, 4) is 0 Å². The molecule has 0 radical (unpaired) electrons. The number of aliphatic hydroxyl groups excluding tert-OH is 1.